The summed E-state index contributed by atoms with van der Waals surface area (Å²) in [5.41, 5.74) is 4.66. The molecule has 0 aromatic heterocycles. The van der Waals surface area contributed by atoms with Gasteiger partial charge in [-0.2, -0.15) is 0 Å². The molecular weight excluding hydrogens is 316 g/mol. The van der Waals surface area contributed by atoms with E-state index in [0.29, 0.717) is 0 Å². The van der Waals surface area contributed by atoms with Crippen molar-refractivity contribution in [3.63, 3.8) is 0 Å². The van der Waals surface area contributed by atoms with Crippen molar-refractivity contribution >= 4 is 0 Å². The lowest BCUT2D eigenvalue weighted by Gasteiger charge is -2.19. The number of fused-ring (bicyclic) bond motifs is 1. The van der Waals surface area contributed by atoms with E-state index in [4.69, 9.17) is 0 Å². The Morgan fingerprint density at radius 1 is 0.808 bits per heavy atom. The van der Waals surface area contributed by atoms with Crippen LogP contribution in [0.15, 0.2) is 18.2 Å². The molecule has 0 spiro atoms. The molecule has 0 radical (unpaired) electrons. The summed E-state index contributed by atoms with van der Waals surface area (Å²) in [6.07, 6.45) is 2.78. The van der Waals surface area contributed by atoms with Crippen molar-refractivity contribution < 1.29 is 1.43 Å². The van der Waals surface area contributed by atoms with E-state index < -0.39 is 0 Å². The van der Waals surface area contributed by atoms with Crippen LogP contribution in [0.5, 0.6) is 0 Å². The summed E-state index contributed by atoms with van der Waals surface area (Å²) < 4.78 is 0. The third kappa shape index (κ3) is 13.4. The van der Waals surface area contributed by atoms with E-state index in [-0.39, 0.29) is 36.5 Å². The van der Waals surface area contributed by atoms with Crippen LogP contribution in [-0.2, 0) is 18.5 Å². The van der Waals surface area contributed by atoms with Gasteiger partial charge in [-0.25, -0.2) is 0 Å². The van der Waals surface area contributed by atoms with Crippen molar-refractivity contribution in [2.75, 3.05) is 13.1 Å². The van der Waals surface area contributed by atoms with Gasteiger partial charge < -0.3 is 10.6 Å². The van der Waals surface area contributed by atoms with E-state index in [1.54, 1.807) is 0 Å². The van der Waals surface area contributed by atoms with Crippen molar-refractivity contribution in [1.82, 2.24) is 10.6 Å². The molecule has 1 aromatic rings. The van der Waals surface area contributed by atoms with Crippen LogP contribution in [0, 0.1) is 5.92 Å². The summed E-state index contributed by atoms with van der Waals surface area (Å²) in [6.45, 7) is 17.9. The average Bonchev–Trinajstić information content (AvgIpc) is 3.11. The van der Waals surface area contributed by atoms with E-state index in [1.165, 1.54) is 42.6 Å². The molecule has 3 rings (SSSR count). The third-order valence-corrected chi connectivity index (χ3v) is 3.66. The van der Waals surface area contributed by atoms with Gasteiger partial charge in [-0.05, 0) is 54.0 Å². The van der Waals surface area contributed by atoms with E-state index in [1.807, 2.05) is 0 Å². The maximum absolute atomic E-state index is 3.37. The summed E-state index contributed by atoms with van der Waals surface area (Å²) in [4.78, 5) is 0. The van der Waals surface area contributed by atoms with Crippen LogP contribution in [0.25, 0.3) is 0 Å². The first-order valence-electron chi connectivity index (χ1n) is 8.84. The van der Waals surface area contributed by atoms with Gasteiger partial charge in [0.2, 0.25) is 0 Å². The molecule has 160 valence electrons. The minimum absolute atomic E-state index is 0. The Morgan fingerprint density at radius 2 is 1.27 bits per heavy atom. The van der Waals surface area contributed by atoms with Gasteiger partial charge >= 0.3 is 0 Å². The fourth-order valence-corrected chi connectivity index (χ4v) is 2.39. The van der Waals surface area contributed by atoms with Crippen LogP contribution in [0.2, 0.25) is 0 Å². The van der Waals surface area contributed by atoms with Crippen LogP contribution >= 0.6 is 0 Å². The molecule has 2 aliphatic rings. The standard InChI is InChI=1S/C12H17N.C4H9N.C4H10.4CH4.H2/c1-12(2,3)11-5-4-9-7-13-8-10(9)6-11;1-2-4-5-3-1;1-4(2)3;;;;;/h4-6,13H,7-8H2,1-3H3;5H,1-4H2;4H,1-3H3;4*1H4;1H/i;;;;;;;1+1. The maximum Gasteiger partial charge on any atom is 0.0212 e. The minimum atomic E-state index is 0. The highest BCUT2D eigenvalue weighted by atomic mass is 14.9. The van der Waals surface area contributed by atoms with Gasteiger partial charge in [-0.1, -0.05) is 89.4 Å². The molecule has 2 nitrogen and oxygen atoms in total. The molecule has 26 heavy (non-hydrogen) atoms. The predicted molar refractivity (Wildman–Crippen MR) is 127 cm³/mol. The van der Waals surface area contributed by atoms with Crippen LogP contribution in [-0.4, -0.2) is 13.1 Å². The van der Waals surface area contributed by atoms with Gasteiger partial charge in [-0.15, -0.1) is 0 Å². The highest BCUT2D eigenvalue weighted by Gasteiger charge is 2.17. The van der Waals surface area contributed by atoms with Crippen molar-refractivity contribution in [2.24, 2.45) is 5.92 Å². The molecule has 1 aromatic carbocycles. The SMILES string of the molecule is C.C.C.C.C1CCNC1.CC(C)(C)c1ccc2c(c1)CNC2.CC(C)C.[2HH]. The monoisotopic (exact) mass is 371 g/mol. The average molecular weight is 372 g/mol. The van der Waals surface area contributed by atoms with Crippen molar-refractivity contribution in [3.05, 3.63) is 34.9 Å². The van der Waals surface area contributed by atoms with E-state index in [0.717, 1.165) is 19.0 Å². The van der Waals surface area contributed by atoms with Gasteiger partial charge in [0, 0.05) is 14.5 Å². The molecule has 0 aliphatic carbocycles. The molecule has 2 heterocycles. The molecule has 1 fully saturated rings. The van der Waals surface area contributed by atoms with Gasteiger partial charge in [0.05, 0.1) is 0 Å². The highest BCUT2D eigenvalue weighted by molar-refractivity contribution is 5.37. The number of benzene rings is 1. The Hall–Kier alpha value is -0.860. The first-order valence-corrected chi connectivity index (χ1v) is 8.84. The van der Waals surface area contributed by atoms with Gasteiger partial charge in [-0.3, -0.25) is 0 Å². The van der Waals surface area contributed by atoms with Crippen molar-refractivity contribution in [1.29, 1.82) is 0 Å². The van der Waals surface area contributed by atoms with Crippen LogP contribution in [0.4, 0.5) is 0 Å². The lowest BCUT2D eigenvalue weighted by atomic mass is 9.85. The molecule has 2 heteroatoms. The Kier molecular flexibility index (Phi) is 20.6. The third-order valence-electron chi connectivity index (χ3n) is 3.66. The second-order valence-corrected chi connectivity index (χ2v) is 8.03. The predicted octanol–water partition coefficient (Wildman–Crippen LogP) is 7.41. The molecule has 0 bridgehead atoms. The van der Waals surface area contributed by atoms with E-state index in [2.05, 4.69) is 70.4 Å². The number of rotatable bonds is 0. The Bertz CT molecular complexity index is 422. The number of nitrogens with one attached hydrogen (secondary N) is 2. The summed E-state index contributed by atoms with van der Waals surface area (Å²) in [5, 5.41) is 6.59. The lowest BCUT2D eigenvalue weighted by molar-refractivity contribution is 0.589. The zero-order valence-corrected chi connectivity index (χ0v) is 15.6. The Balaban J connectivity index is -0.0000000996. The zero-order valence-electron chi connectivity index (χ0n) is 15.6. The first kappa shape index (κ1) is 32.8. The second kappa shape index (κ2) is 16.3. The second-order valence-electron chi connectivity index (χ2n) is 8.03. The normalized spacial score (nSPS) is 14.0. The van der Waals surface area contributed by atoms with Crippen LogP contribution in [0.3, 0.4) is 0 Å². The summed E-state index contributed by atoms with van der Waals surface area (Å²) in [7, 11) is 0. The molecule has 0 unspecified atom stereocenters. The summed E-state index contributed by atoms with van der Waals surface area (Å²) in [6, 6.07) is 6.86. The fraction of sp³-hybridized carbons (Fsp3) is 0.750. The number of hydrogen-bond donors (Lipinski definition) is 2. The minimum Gasteiger partial charge on any atom is -0.317 e. The Labute approximate surface area is 169 Å². The summed E-state index contributed by atoms with van der Waals surface area (Å²) >= 11 is 0. The van der Waals surface area contributed by atoms with E-state index >= 15 is 0 Å². The fourth-order valence-electron chi connectivity index (χ4n) is 2.39. The Morgan fingerprint density at radius 3 is 1.65 bits per heavy atom. The molecule has 2 N–H and O–H groups in total. The van der Waals surface area contributed by atoms with Gasteiger partial charge in [0.15, 0.2) is 0 Å². The van der Waals surface area contributed by atoms with Gasteiger partial charge in [0.25, 0.3) is 0 Å². The molecule has 1 saturated heterocycles. The smallest absolute Gasteiger partial charge is 0.0212 e. The highest BCUT2D eigenvalue weighted by Crippen LogP contribution is 2.26. The number of hydrogen-bond acceptors (Lipinski definition) is 2. The van der Waals surface area contributed by atoms with Crippen molar-refractivity contribution in [2.45, 2.75) is 103 Å². The largest absolute Gasteiger partial charge is 0.317 e. The van der Waals surface area contributed by atoms with Crippen LogP contribution < -0.4 is 10.6 Å². The van der Waals surface area contributed by atoms with E-state index in [9.17, 15) is 0 Å². The summed E-state index contributed by atoms with van der Waals surface area (Å²) in [5.74, 6) is 0.833. The lowest BCUT2D eigenvalue weighted by Crippen LogP contribution is -2.11. The van der Waals surface area contributed by atoms with Gasteiger partial charge in [0.1, 0.15) is 0 Å². The molecule has 0 saturated carbocycles. The maximum atomic E-state index is 3.37. The quantitative estimate of drug-likeness (QED) is 0.496. The molecule has 2 aliphatic heterocycles. The van der Waals surface area contributed by atoms with Crippen molar-refractivity contribution in [3.8, 4) is 0 Å². The molecule has 0 atom stereocenters. The molecular formula is C24H54N2. The molecule has 0 amide bonds. The van der Waals surface area contributed by atoms with Crippen LogP contribution in [0.1, 0.15) is 102 Å². The first-order chi connectivity index (χ1) is 10.3. The zero-order chi connectivity index (χ0) is 16.6. The topological polar surface area (TPSA) is 24.1 Å².